The van der Waals surface area contributed by atoms with Gasteiger partial charge in [0, 0.05) is 23.0 Å². The van der Waals surface area contributed by atoms with Gasteiger partial charge in [-0.05, 0) is 55.0 Å². The summed E-state index contributed by atoms with van der Waals surface area (Å²) in [4.78, 5) is 26.5. The van der Waals surface area contributed by atoms with Gasteiger partial charge in [-0.1, -0.05) is 32.4 Å². The summed E-state index contributed by atoms with van der Waals surface area (Å²) in [6.07, 6.45) is 5.25. The van der Waals surface area contributed by atoms with E-state index in [0.29, 0.717) is 18.2 Å². The third-order valence-corrected chi connectivity index (χ3v) is 5.80. The van der Waals surface area contributed by atoms with Crippen molar-refractivity contribution in [1.29, 1.82) is 0 Å². The first kappa shape index (κ1) is 18.6. The van der Waals surface area contributed by atoms with Crippen LogP contribution >= 0.6 is 11.3 Å². The van der Waals surface area contributed by atoms with Crippen molar-refractivity contribution in [1.82, 2.24) is 10.6 Å². The predicted molar refractivity (Wildman–Crippen MR) is 106 cm³/mol. The summed E-state index contributed by atoms with van der Waals surface area (Å²) >= 11 is 1.60. The van der Waals surface area contributed by atoms with Gasteiger partial charge in [0.15, 0.2) is 0 Å². The zero-order valence-corrected chi connectivity index (χ0v) is 16.2. The Bertz CT molecular complexity index is 776. The smallest absolute Gasteiger partial charge is 0.261 e. The van der Waals surface area contributed by atoms with Crippen molar-refractivity contribution in [2.24, 2.45) is 0 Å². The van der Waals surface area contributed by atoms with E-state index in [2.05, 4.69) is 24.5 Å². The van der Waals surface area contributed by atoms with E-state index in [1.54, 1.807) is 11.3 Å². The maximum Gasteiger partial charge on any atom is 0.261 e. The summed E-state index contributed by atoms with van der Waals surface area (Å²) in [6, 6.07) is 9.82. The molecule has 0 atom stereocenters. The number of carbonyl (C=O) groups is 2. The van der Waals surface area contributed by atoms with Crippen LogP contribution in [0.3, 0.4) is 0 Å². The highest BCUT2D eigenvalue weighted by molar-refractivity contribution is 7.14. The van der Waals surface area contributed by atoms with Gasteiger partial charge in [0.2, 0.25) is 0 Å². The summed E-state index contributed by atoms with van der Waals surface area (Å²) in [5, 5.41) is 5.96. The molecule has 0 radical (unpaired) electrons. The topological polar surface area (TPSA) is 58.2 Å². The third kappa shape index (κ3) is 4.73. The number of nitrogens with one attached hydrogen (secondary N) is 2. The largest absolute Gasteiger partial charge is 0.349 e. The Morgan fingerprint density at radius 2 is 1.85 bits per heavy atom. The lowest BCUT2D eigenvalue weighted by Gasteiger charge is -2.06. The van der Waals surface area contributed by atoms with Crippen molar-refractivity contribution < 1.29 is 9.59 Å². The molecule has 0 spiro atoms. The van der Waals surface area contributed by atoms with E-state index in [9.17, 15) is 9.59 Å². The van der Waals surface area contributed by atoms with Gasteiger partial charge in [0.05, 0.1) is 4.88 Å². The highest BCUT2D eigenvalue weighted by atomic mass is 32.1. The zero-order chi connectivity index (χ0) is 18.5. The summed E-state index contributed by atoms with van der Waals surface area (Å²) < 4.78 is 0. The van der Waals surface area contributed by atoms with Crippen LogP contribution in [0.5, 0.6) is 0 Å². The van der Waals surface area contributed by atoms with Gasteiger partial charge in [-0.25, -0.2) is 0 Å². The Hall–Kier alpha value is -2.14. The minimum Gasteiger partial charge on any atom is -0.349 e. The lowest BCUT2D eigenvalue weighted by molar-refractivity contribution is 0.0943. The second-order valence-corrected chi connectivity index (χ2v) is 7.93. The molecule has 5 heteroatoms. The highest BCUT2D eigenvalue weighted by Crippen LogP contribution is 2.24. The van der Waals surface area contributed by atoms with Crippen LogP contribution in [0.1, 0.15) is 69.1 Å². The minimum atomic E-state index is -0.0254. The van der Waals surface area contributed by atoms with E-state index < -0.39 is 0 Å². The van der Waals surface area contributed by atoms with Gasteiger partial charge in [-0.3, -0.25) is 9.59 Å². The number of amides is 2. The average molecular weight is 371 g/mol. The number of rotatable bonds is 8. The Labute approximate surface area is 159 Å². The van der Waals surface area contributed by atoms with Crippen LogP contribution in [0, 0.1) is 0 Å². The van der Waals surface area contributed by atoms with Crippen LogP contribution in [0.25, 0.3) is 0 Å². The van der Waals surface area contributed by atoms with Crippen molar-refractivity contribution in [3.05, 3.63) is 56.8 Å². The van der Waals surface area contributed by atoms with E-state index >= 15 is 0 Å². The average Bonchev–Trinajstić information content (AvgIpc) is 3.37. The lowest BCUT2D eigenvalue weighted by atomic mass is 10.1. The second-order valence-electron chi connectivity index (χ2n) is 6.79. The van der Waals surface area contributed by atoms with Gasteiger partial charge in [0.1, 0.15) is 0 Å². The van der Waals surface area contributed by atoms with Crippen LogP contribution in [0.15, 0.2) is 30.3 Å². The van der Waals surface area contributed by atoms with Crippen LogP contribution in [-0.2, 0) is 19.4 Å². The molecule has 1 heterocycles. The number of benzene rings is 1. The maximum absolute atomic E-state index is 12.4. The first-order chi connectivity index (χ1) is 12.6. The summed E-state index contributed by atoms with van der Waals surface area (Å²) in [7, 11) is 0. The quantitative estimate of drug-likeness (QED) is 0.735. The highest BCUT2D eigenvalue weighted by Gasteiger charge is 2.23. The molecule has 2 aromatic rings. The molecule has 3 rings (SSSR count). The Kier molecular flexibility index (Phi) is 6.09. The van der Waals surface area contributed by atoms with Crippen LogP contribution < -0.4 is 10.6 Å². The van der Waals surface area contributed by atoms with Crippen LogP contribution in [0.2, 0.25) is 0 Å². The minimum absolute atomic E-state index is 0.0165. The molecule has 1 fully saturated rings. The molecule has 4 nitrogen and oxygen atoms in total. The molecule has 2 N–H and O–H groups in total. The maximum atomic E-state index is 12.4. The van der Waals surface area contributed by atoms with E-state index in [4.69, 9.17) is 0 Å². The van der Waals surface area contributed by atoms with Crippen LogP contribution in [-0.4, -0.2) is 17.9 Å². The van der Waals surface area contributed by atoms with E-state index in [0.717, 1.165) is 42.5 Å². The van der Waals surface area contributed by atoms with Gasteiger partial charge < -0.3 is 10.6 Å². The molecule has 1 saturated carbocycles. The fraction of sp³-hybridized carbons (Fsp3) is 0.429. The van der Waals surface area contributed by atoms with Crippen molar-refractivity contribution in [2.75, 3.05) is 0 Å². The molecule has 2 amide bonds. The third-order valence-electron chi connectivity index (χ3n) is 4.56. The lowest BCUT2D eigenvalue weighted by Crippen LogP contribution is -2.25. The SMILES string of the molecule is CCCc1sc(C(=O)NCc2ccc(C(=O)NC3CC3)cc2)cc1CC. The predicted octanol–water partition coefficient (Wildman–Crippen LogP) is 4.09. The molecular formula is C21H26N2O2S. The molecule has 1 aliphatic rings. The molecule has 0 saturated heterocycles. The number of carbonyl (C=O) groups excluding carboxylic acids is 2. The van der Waals surface area contributed by atoms with Crippen molar-refractivity contribution in [3.8, 4) is 0 Å². The van der Waals surface area contributed by atoms with Crippen molar-refractivity contribution >= 4 is 23.2 Å². The summed E-state index contributed by atoms with van der Waals surface area (Å²) in [5.41, 5.74) is 2.94. The van der Waals surface area contributed by atoms with E-state index in [1.807, 2.05) is 30.3 Å². The first-order valence-electron chi connectivity index (χ1n) is 9.40. The Morgan fingerprint density at radius 3 is 2.46 bits per heavy atom. The summed E-state index contributed by atoms with van der Waals surface area (Å²) in [5.74, 6) is -0.0418. The fourth-order valence-corrected chi connectivity index (χ4v) is 4.13. The molecule has 1 aromatic heterocycles. The number of hydrogen-bond donors (Lipinski definition) is 2. The Morgan fingerprint density at radius 1 is 1.12 bits per heavy atom. The van der Waals surface area contributed by atoms with Crippen molar-refractivity contribution in [3.63, 3.8) is 0 Å². The Balaban J connectivity index is 1.56. The molecule has 1 aromatic carbocycles. The molecule has 0 unspecified atom stereocenters. The second kappa shape index (κ2) is 8.49. The molecule has 26 heavy (non-hydrogen) atoms. The molecular weight excluding hydrogens is 344 g/mol. The standard InChI is InChI=1S/C21H26N2O2S/c1-3-5-18-15(4-2)12-19(26-18)21(25)22-13-14-6-8-16(9-7-14)20(24)23-17-10-11-17/h6-9,12,17H,3-5,10-11,13H2,1-2H3,(H,22,25)(H,23,24). The van der Waals surface area contributed by atoms with Crippen molar-refractivity contribution in [2.45, 2.75) is 58.5 Å². The molecule has 0 bridgehead atoms. The molecule has 0 aliphatic heterocycles. The monoisotopic (exact) mass is 370 g/mol. The van der Waals surface area contributed by atoms with Crippen LogP contribution in [0.4, 0.5) is 0 Å². The van der Waals surface area contributed by atoms with E-state index in [1.165, 1.54) is 10.4 Å². The zero-order valence-electron chi connectivity index (χ0n) is 15.4. The molecule has 1 aliphatic carbocycles. The fourth-order valence-electron chi connectivity index (χ4n) is 2.86. The molecule has 138 valence electrons. The van der Waals surface area contributed by atoms with Gasteiger partial charge >= 0.3 is 0 Å². The summed E-state index contributed by atoms with van der Waals surface area (Å²) in [6.45, 7) is 4.75. The number of aryl methyl sites for hydroxylation is 2. The normalized spacial score (nSPS) is 13.5. The van der Waals surface area contributed by atoms with Gasteiger partial charge in [0.25, 0.3) is 11.8 Å². The number of hydrogen-bond acceptors (Lipinski definition) is 3. The van der Waals surface area contributed by atoms with Gasteiger partial charge in [-0.2, -0.15) is 0 Å². The first-order valence-corrected chi connectivity index (χ1v) is 10.2. The van der Waals surface area contributed by atoms with E-state index in [-0.39, 0.29) is 11.8 Å². The number of thiophene rings is 1. The van der Waals surface area contributed by atoms with Gasteiger partial charge in [-0.15, -0.1) is 11.3 Å².